The second kappa shape index (κ2) is 4.49. The van der Waals surface area contributed by atoms with Crippen molar-refractivity contribution in [3.05, 3.63) is 51.2 Å². The molecule has 18 heavy (non-hydrogen) atoms. The van der Waals surface area contributed by atoms with Crippen molar-refractivity contribution in [2.24, 2.45) is 0 Å². The van der Waals surface area contributed by atoms with Crippen molar-refractivity contribution in [1.82, 2.24) is 9.55 Å². The Morgan fingerprint density at radius 1 is 1.17 bits per heavy atom. The van der Waals surface area contributed by atoms with Gasteiger partial charge < -0.3 is 0 Å². The van der Waals surface area contributed by atoms with E-state index in [2.05, 4.69) is 4.98 Å². The molecule has 0 radical (unpaired) electrons. The Balaban J connectivity index is 2.33. The van der Waals surface area contributed by atoms with Crippen molar-refractivity contribution in [3.63, 3.8) is 0 Å². The average molecular weight is 260 g/mol. The number of H-pyrrole nitrogens is 1. The molecule has 4 nitrogen and oxygen atoms in total. The molecule has 2 heterocycles. The van der Waals surface area contributed by atoms with Crippen molar-refractivity contribution >= 4 is 11.8 Å². The van der Waals surface area contributed by atoms with Crippen LogP contribution in [0.15, 0.2) is 44.9 Å². The maximum atomic E-state index is 12.0. The van der Waals surface area contributed by atoms with E-state index in [-0.39, 0.29) is 11.2 Å². The van der Waals surface area contributed by atoms with Gasteiger partial charge in [0.25, 0.3) is 5.56 Å². The predicted molar refractivity (Wildman–Crippen MR) is 72.1 cm³/mol. The van der Waals surface area contributed by atoms with Gasteiger partial charge in [-0.15, -0.1) is 11.8 Å². The average Bonchev–Trinajstić information content (AvgIpc) is 2.40. The van der Waals surface area contributed by atoms with Crippen LogP contribution in [0, 0.1) is 0 Å². The first-order valence-corrected chi connectivity index (χ1v) is 6.81. The molecule has 0 saturated heterocycles. The Hall–Kier alpha value is -1.75. The van der Waals surface area contributed by atoms with Gasteiger partial charge in [0.05, 0.1) is 10.6 Å². The van der Waals surface area contributed by atoms with Gasteiger partial charge in [0.1, 0.15) is 0 Å². The van der Waals surface area contributed by atoms with E-state index >= 15 is 0 Å². The molecular weight excluding hydrogens is 248 g/mol. The van der Waals surface area contributed by atoms with Crippen LogP contribution in [0.2, 0.25) is 0 Å². The standard InChI is InChI=1S/C13H12N2O2S/c16-11-10(9-5-2-1-3-6-9)12-15(13(17)14-11)7-4-8-18-12/h1-3,5-6H,4,7-8H2,(H,14,16,17). The molecule has 92 valence electrons. The first-order valence-electron chi connectivity index (χ1n) is 5.83. The lowest BCUT2D eigenvalue weighted by atomic mass is 10.1. The molecule has 0 bridgehead atoms. The van der Waals surface area contributed by atoms with Crippen molar-refractivity contribution in [3.8, 4) is 11.1 Å². The van der Waals surface area contributed by atoms with Crippen LogP contribution in [-0.2, 0) is 6.54 Å². The summed E-state index contributed by atoms with van der Waals surface area (Å²) in [5, 5.41) is 0.793. The highest BCUT2D eigenvalue weighted by Crippen LogP contribution is 2.30. The van der Waals surface area contributed by atoms with Crippen molar-refractivity contribution < 1.29 is 0 Å². The van der Waals surface area contributed by atoms with Gasteiger partial charge in [-0.1, -0.05) is 30.3 Å². The number of hydrogen-bond acceptors (Lipinski definition) is 3. The molecule has 0 saturated carbocycles. The number of nitrogens with zero attached hydrogens (tertiary/aromatic N) is 1. The zero-order valence-corrected chi connectivity index (χ0v) is 10.5. The third-order valence-corrected chi connectivity index (χ3v) is 4.17. The summed E-state index contributed by atoms with van der Waals surface area (Å²) >= 11 is 1.58. The second-order valence-electron chi connectivity index (χ2n) is 4.16. The lowest BCUT2D eigenvalue weighted by molar-refractivity contribution is 0.572. The van der Waals surface area contributed by atoms with Gasteiger partial charge in [0.15, 0.2) is 0 Å². The topological polar surface area (TPSA) is 54.9 Å². The van der Waals surface area contributed by atoms with E-state index in [0.29, 0.717) is 12.1 Å². The van der Waals surface area contributed by atoms with Gasteiger partial charge in [0, 0.05) is 12.3 Å². The second-order valence-corrected chi connectivity index (χ2v) is 5.24. The Kier molecular flexibility index (Phi) is 2.83. The molecule has 1 aliphatic heterocycles. The summed E-state index contributed by atoms with van der Waals surface area (Å²) in [6.45, 7) is 0.678. The highest BCUT2D eigenvalue weighted by molar-refractivity contribution is 7.99. The Morgan fingerprint density at radius 2 is 1.94 bits per heavy atom. The molecule has 0 amide bonds. The summed E-state index contributed by atoms with van der Waals surface area (Å²) in [7, 11) is 0. The minimum absolute atomic E-state index is 0.299. The summed E-state index contributed by atoms with van der Waals surface area (Å²) in [5.41, 5.74) is 0.866. The molecule has 3 rings (SSSR count). The maximum absolute atomic E-state index is 12.0. The normalized spacial score (nSPS) is 14.2. The first-order chi connectivity index (χ1) is 8.77. The van der Waals surface area contributed by atoms with Crippen LogP contribution in [0.1, 0.15) is 6.42 Å². The van der Waals surface area contributed by atoms with Gasteiger partial charge in [-0.3, -0.25) is 14.3 Å². The Labute approximate surface area is 108 Å². The molecular formula is C13H12N2O2S. The van der Waals surface area contributed by atoms with E-state index in [4.69, 9.17) is 0 Å². The van der Waals surface area contributed by atoms with Gasteiger partial charge in [0.2, 0.25) is 0 Å². The van der Waals surface area contributed by atoms with Crippen LogP contribution in [0.3, 0.4) is 0 Å². The molecule has 0 atom stereocenters. The number of rotatable bonds is 1. The molecule has 5 heteroatoms. The molecule has 0 unspecified atom stereocenters. The van der Waals surface area contributed by atoms with Gasteiger partial charge in [-0.2, -0.15) is 0 Å². The van der Waals surface area contributed by atoms with Crippen LogP contribution >= 0.6 is 11.8 Å². The number of thioether (sulfide) groups is 1. The summed E-state index contributed by atoms with van der Waals surface area (Å²) in [6, 6.07) is 9.48. The molecule has 0 spiro atoms. The fourth-order valence-corrected chi connectivity index (χ4v) is 3.31. The fraction of sp³-hybridized carbons (Fsp3) is 0.231. The molecule has 1 aliphatic rings. The molecule has 1 aromatic heterocycles. The van der Waals surface area contributed by atoms with Crippen LogP contribution in [0.5, 0.6) is 0 Å². The highest BCUT2D eigenvalue weighted by Gasteiger charge is 2.19. The molecule has 0 fully saturated rings. The molecule has 1 N–H and O–H groups in total. The van der Waals surface area contributed by atoms with Crippen LogP contribution in [0.4, 0.5) is 0 Å². The number of fused-ring (bicyclic) bond motifs is 1. The fourth-order valence-electron chi connectivity index (χ4n) is 2.16. The molecule has 2 aromatic rings. The molecule has 0 aliphatic carbocycles. The number of benzene rings is 1. The van der Waals surface area contributed by atoms with Gasteiger partial charge in [-0.05, 0) is 12.0 Å². The number of aromatic nitrogens is 2. The van der Waals surface area contributed by atoms with E-state index in [1.165, 1.54) is 0 Å². The zero-order chi connectivity index (χ0) is 12.5. The highest BCUT2D eigenvalue weighted by atomic mass is 32.2. The first kappa shape index (κ1) is 11.3. The van der Waals surface area contributed by atoms with E-state index in [9.17, 15) is 9.59 Å². The van der Waals surface area contributed by atoms with Crippen molar-refractivity contribution in [1.29, 1.82) is 0 Å². The predicted octanol–water partition coefficient (Wildman–Crippen LogP) is 1.70. The van der Waals surface area contributed by atoms with Gasteiger partial charge in [-0.25, -0.2) is 4.79 Å². The minimum Gasteiger partial charge on any atom is -0.287 e. The van der Waals surface area contributed by atoms with Gasteiger partial charge >= 0.3 is 5.69 Å². The maximum Gasteiger partial charge on any atom is 0.329 e. The van der Waals surface area contributed by atoms with Crippen LogP contribution in [0.25, 0.3) is 11.1 Å². The third-order valence-electron chi connectivity index (χ3n) is 2.98. The zero-order valence-electron chi connectivity index (χ0n) is 9.68. The Morgan fingerprint density at radius 3 is 2.72 bits per heavy atom. The van der Waals surface area contributed by atoms with Crippen LogP contribution < -0.4 is 11.2 Å². The number of nitrogens with one attached hydrogen (secondary N) is 1. The minimum atomic E-state index is -0.304. The molecule has 1 aromatic carbocycles. The number of hydrogen-bond donors (Lipinski definition) is 1. The van der Waals surface area contributed by atoms with Crippen LogP contribution in [-0.4, -0.2) is 15.3 Å². The largest absolute Gasteiger partial charge is 0.329 e. The van der Waals surface area contributed by atoms with E-state index in [1.807, 2.05) is 30.3 Å². The quantitative estimate of drug-likeness (QED) is 0.794. The monoisotopic (exact) mass is 260 g/mol. The lowest BCUT2D eigenvalue weighted by Crippen LogP contribution is -2.34. The van der Waals surface area contributed by atoms with E-state index < -0.39 is 0 Å². The summed E-state index contributed by atoms with van der Waals surface area (Å²) < 4.78 is 1.66. The Bertz CT molecular complexity index is 688. The third kappa shape index (κ3) is 1.80. The SMILES string of the molecule is O=c1[nH]c(=O)n2c(c1-c1ccccc1)SCCC2. The number of aromatic amines is 1. The smallest absolute Gasteiger partial charge is 0.287 e. The summed E-state index contributed by atoms with van der Waals surface area (Å²) in [5.74, 6) is 0.947. The van der Waals surface area contributed by atoms with E-state index in [0.717, 1.165) is 22.8 Å². The lowest BCUT2D eigenvalue weighted by Gasteiger charge is -2.19. The van der Waals surface area contributed by atoms with Crippen molar-refractivity contribution in [2.45, 2.75) is 18.0 Å². The van der Waals surface area contributed by atoms with Crippen molar-refractivity contribution in [2.75, 3.05) is 5.75 Å². The summed E-state index contributed by atoms with van der Waals surface area (Å²) in [6.07, 6.45) is 0.956. The van der Waals surface area contributed by atoms with E-state index in [1.54, 1.807) is 16.3 Å². The summed E-state index contributed by atoms with van der Waals surface area (Å²) in [4.78, 5) is 26.2.